The minimum absolute atomic E-state index is 0.0888. The van der Waals surface area contributed by atoms with E-state index >= 15 is 0 Å². The molecule has 2 aliphatic rings. The lowest BCUT2D eigenvalue weighted by atomic mass is 10.2. The zero-order valence-electron chi connectivity index (χ0n) is 14.7. The first-order chi connectivity index (χ1) is 11.6. The van der Waals surface area contributed by atoms with Gasteiger partial charge in [0.15, 0.2) is 0 Å². The van der Waals surface area contributed by atoms with E-state index in [1.807, 2.05) is 11.8 Å². The Labute approximate surface area is 143 Å². The van der Waals surface area contributed by atoms with Gasteiger partial charge in [-0.25, -0.2) is 4.98 Å². The molecule has 3 heterocycles. The molecular formula is C17H28N4O3. The first-order valence-corrected chi connectivity index (χ1v) is 8.83. The van der Waals surface area contributed by atoms with Gasteiger partial charge in [0.2, 0.25) is 11.8 Å². The van der Waals surface area contributed by atoms with Gasteiger partial charge in [-0.1, -0.05) is 0 Å². The molecule has 7 heteroatoms. The number of hydrogen-bond acceptors (Lipinski definition) is 6. The van der Waals surface area contributed by atoms with E-state index in [-0.39, 0.29) is 11.9 Å². The van der Waals surface area contributed by atoms with Crippen LogP contribution < -0.4 is 0 Å². The molecule has 2 fully saturated rings. The van der Waals surface area contributed by atoms with Gasteiger partial charge in [-0.05, 0) is 13.3 Å². The van der Waals surface area contributed by atoms with Crippen LogP contribution in [0.2, 0.25) is 0 Å². The van der Waals surface area contributed by atoms with Crippen molar-refractivity contribution in [2.45, 2.75) is 32.9 Å². The zero-order valence-corrected chi connectivity index (χ0v) is 14.7. The van der Waals surface area contributed by atoms with Crippen LogP contribution >= 0.6 is 0 Å². The van der Waals surface area contributed by atoms with Crippen molar-refractivity contribution in [1.82, 2.24) is 19.7 Å². The van der Waals surface area contributed by atoms with Crippen molar-refractivity contribution < 1.29 is 13.9 Å². The quantitative estimate of drug-likeness (QED) is 0.763. The van der Waals surface area contributed by atoms with Crippen LogP contribution in [-0.4, -0.2) is 84.1 Å². The monoisotopic (exact) mass is 336 g/mol. The molecule has 134 valence electrons. The lowest BCUT2D eigenvalue weighted by molar-refractivity contribution is -0.132. The first kappa shape index (κ1) is 17.4. The molecule has 24 heavy (non-hydrogen) atoms. The molecule has 0 aromatic carbocycles. The molecule has 2 saturated heterocycles. The van der Waals surface area contributed by atoms with Crippen molar-refractivity contribution in [1.29, 1.82) is 0 Å². The summed E-state index contributed by atoms with van der Waals surface area (Å²) >= 11 is 0. The van der Waals surface area contributed by atoms with Crippen LogP contribution in [-0.2, 0) is 16.1 Å². The summed E-state index contributed by atoms with van der Waals surface area (Å²) in [5.41, 5.74) is 0. The van der Waals surface area contributed by atoms with E-state index in [1.54, 1.807) is 13.1 Å². The summed E-state index contributed by atoms with van der Waals surface area (Å²) in [6, 6.07) is 0.249. The predicted octanol–water partition coefficient (Wildman–Crippen LogP) is 0.738. The Bertz CT molecular complexity index is 542. The number of ether oxygens (including phenoxy) is 1. The molecule has 0 saturated carbocycles. The van der Waals surface area contributed by atoms with Crippen molar-refractivity contribution in [2.24, 2.45) is 0 Å². The Balaban J connectivity index is 1.49. The molecule has 1 aromatic heterocycles. The summed E-state index contributed by atoms with van der Waals surface area (Å²) < 4.78 is 10.9. The highest BCUT2D eigenvalue weighted by Gasteiger charge is 2.30. The lowest BCUT2D eigenvalue weighted by Gasteiger charge is -2.29. The van der Waals surface area contributed by atoms with Crippen molar-refractivity contribution in [3.63, 3.8) is 0 Å². The van der Waals surface area contributed by atoms with Gasteiger partial charge in [0.25, 0.3) is 0 Å². The van der Waals surface area contributed by atoms with Crippen LogP contribution in [0.3, 0.4) is 0 Å². The first-order valence-electron chi connectivity index (χ1n) is 8.83. The summed E-state index contributed by atoms with van der Waals surface area (Å²) in [5.74, 6) is 1.49. The fraction of sp³-hybridized carbons (Fsp3) is 0.765. The Hall–Kier alpha value is -1.44. The highest BCUT2D eigenvalue weighted by molar-refractivity contribution is 5.73. The topological polar surface area (TPSA) is 62.1 Å². The molecule has 0 radical (unpaired) electrons. The Morgan fingerprint density at radius 3 is 2.71 bits per heavy atom. The third-order valence-corrected chi connectivity index (χ3v) is 4.90. The lowest BCUT2D eigenvalue weighted by Crippen LogP contribution is -2.43. The average molecular weight is 336 g/mol. The smallest absolute Gasteiger partial charge is 0.220 e. The van der Waals surface area contributed by atoms with Gasteiger partial charge in [-0.2, -0.15) is 0 Å². The minimum Gasteiger partial charge on any atom is -0.444 e. The number of amides is 1. The maximum Gasteiger partial charge on any atom is 0.220 e. The third-order valence-electron chi connectivity index (χ3n) is 4.90. The predicted molar refractivity (Wildman–Crippen MR) is 89.6 cm³/mol. The number of morpholine rings is 1. The largest absolute Gasteiger partial charge is 0.444 e. The molecule has 7 nitrogen and oxygen atoms in total. The second kappa shape index (κ2) is 8.09. The molecule has 2 aliphatic heterocycles. The second-order valence-corrected chi connectivity index (χ2v) is 6.71. The number of aromatic nitrogens is 1. The van der Waals surface area contributed by atoms with Gasteiger partial charge in [-0.3, -0.25) is 14.6 Å². The molecule has 0 N–H and O–H groups in total. The van der Waals surface area contributed by atoms with Crippen LogP contribution in [0.4, 0.5) is 0 Å². The van der Waals surface area contributed by atoms with Crippen molar-refractivity contribution in [3.05, 3.63) is 17.8 Å². The number of nitrogens with zero attached hydrogens (tertiary/aromatic N) is 4. The van der Waals surface area contributed by atoms with Crippen LogP contribution in [0.5, 0.6) is 0 Å². The highest BCUT2D eigenvalue weighted by atomic mass is 16.5. The Morgan fingerprint density at radius 2 is 2.04 bits per heavy atom. The number of hydrogen-bond donors (Lipinski definition) is 0. The van der Waals surface area contributed by atoms with Gasteiger partial charge in [0.1, 0.15) is 5.76 Å². The standard InChI is InChI=1S/C17H28N4O3/c1-14-11-18-17(24-14)13-21(15(2)22)16-3-4-20(12-16)6-5-19-7-9-23-10-8-19/h11,16H,3-10,12-13H2,1-2H3. The maximum absolute atomic E-state index is 12.1. The average Bonchev–Trinajstić information content (AvgIpc) is 3.20. The van der Waals surface area contributed by atoms with E-state index in [9.17, 15) is 4.79 Å². The summed E-state index contributed by atoms with van der Waals surface area (Å²) in [6.07, 6.45) is 2.72. The molecule has 0 aliphatic carbocycles. The van der Waals surface area contributed by atoms with E-state index in [2.05, 4.69) is 14.8 Å². The van der Waals surface area contributed by atoms with Crippen LogP contribution in [0, 0.1) is 6.92 Å². The van der Waals surface area contributed by atoms with Gasteiger partial charge in [0.05, 0.1) is 26.0 Å². The maximum atomic E-state index is 12.1. The number of carbonyl (C=O) groups is 1. The molecule has 3 rings (SSSR count). The van der Waals surface area contributed by atoms with Gasteiger partial charge in [-0.15, -0.1) is 0 Å². The van der Waals surface area contributed by atoms with E-state index in [1.165, 1.54) is 0 Å². The molecule has 1 amide bonds. The van der Waals surface area contributed by atoms with Crippen molar-refractivity contribution >= 4 is 5.91 Å². The van der Waals surface area contributed by atoms with E-state index in [4.69, 9.17) is 9.15 Å². The molecule has 1 atom stereocenters. The van der Waals surface area contributed by atoms with Crippen LogP contribution in [0.15, 0.2) is 10.6 Å². The van der Waals surface area contributed by atoms with Gasteiger partial charge >= 0.3 is 0 Å². The molecule has 0 bridgehead atoms. The SMILES string of the molecule is CC(=O)N(Cc1ncc(C)o1)C1CCN(CCN2CCOCC2)C1. The minimum atomic E-state index is 0.0888. The zero-order chi connectivity index (χ0) is 16.9. The van der Waals surface area contributed by atoms with E-state index in [0.717, 1.165) is 64.7 Å². The summed E-state index contributed by atoms with van der Waals surface area (Å²) in [6.45, 7) is 11.8. The fourth-order valence-corrected chi connectivity index (χ4v) is 3.50. The Kier molecular flexibility index (Phi) is 5.86. The van der Waals surface area contributed by atoms with Crippen molar-refractivity contribution in [2.75, 3.05) is 52.5 Å². The molecule has 1 unspecified atom stereocenters. The molecule has 1 aromatic rings. The fourth-order valence-electron chi connectivity index (χ4n) is 3.50. The summed E-state index contributed by atoms with van der Waals surface area (Å²) in [4.78, 5) is 23.1. The highest BCUT2D eigenvalue weighted by Crippen LogP contribution is 2.18. The van der Waals surface area contributed by atoms with E-state index in [0.29, 0.717) is 12.4 Å². The summed E-state index contributed by atoms with van der Waals surface area (Å²) in [5, 5.41) is 0. The summed E-state index contributed by atoms with van der Waals surface area (Å²) in [7, 11) is 0. The normalized spacial score (nSPS) is 22.8. The third kappa shape index (κ3) is 4.55. The number of aryl methyl sites for hydroxylation is 1. The van der Waals surface area contributed by atoms with Crippen LogP contribution in [0.1, 0.15) is 25.0 Å². The van der Waals surface area contributed by atoms with Crippen LogP contribution in [0.25, 0.3) is 0 Å². The van der Waals surface area contributed by atoms with Gasteiger partial charge in [0, 0.05) is 52.2 Å². The molecule has 0 spiro atoms. The number of likely N-dealkylation sites (tertiary alicyclic amines) is 1. The number of carbonyl (C=O) groups excluding carboxylic acids is 1. The number of oxazole rings is 1. The van der Waals surface area contributed by atoms with E-state index < -0.39 is 0 Å². The Morgan fingerprint density at radius 1 is 1.29 bits per heavy atom. The van der Waals surface area contributed by atoms with Gasteiger partial charge < -0.3 is 14.1 Å². The molecular weight excluding hydrogens is 308 g/mol. The van der Waals surface area contributed by atoms with Crippen molar-refractivity contribution in [3.8, 4) is 0 Å². The number of rotatable bonds is 6. The second-order valence-electron chi connectivity index (χ2n) is 6.71.